The molecule has 0 aliphatic heterocycles. The number of unbranched alkanes of at least 4 members (excludes halogenated alkanes) is 3. The van der Waals surface area contributed by atoms with Crippen molar-refractivity contribution < 1.29 is 17.9 Å². The molecule has 2 saturated carbocycles. The lowest BCUT2D eigenvalue weighted by Gasteiger charge is -2.38. The number of hydrogen-bond acceptors (Lipinski definition) is 1. The predicted octanol–water partition coefficient (Wildman–Crippen LogP) is 6.90. The molecule has 0 aromatic heterocycles. The Hall–Kier alpha value is -0.250. The molecule has 0 aromatic carbocycles. The lowest BCUT2D eigenvalue weighted by molar-refractivity contribution is -0.147. The van der Waals surface area contributed by atoms with Gasteiger partial charge in [0.1, 0.15) is 0 Å². The largest absolute Gasteiger partial charge is 0.389 e. The molecule has 0 amide bonds. The standard InChI is InChI=1S/C20H35F3O/c1-2-3-4-5-14-24-19-12-10-18(11-13-19)17-8-6-16(7-9-17)15-20(21,22)23/h16-19H,2-15H2,1H3/t16-,17-,18-,19-. The van der Waals surface area contributed by atoms with Crippen molar-refractivity contribution in [3.63, 3.8) is 0 Å². The summed E-state index contributed by atoms with van der Waals surface area (Å²) in [4.78, 5) is 0. The van der Waals surface area contributed by atoms with Gasteiger partial charge in [0.2, 0.25) is 0 Å². The smallest absolute Gasteiger partial charge is 0.378 e. The maximum absolute atomic E-state index is 12.5. The molecule has 2 fully saturated rings. The molecule has 0 atom stereocenters. The molecule has 0 aromatic rings. The normalized spacial score (nSPS) is 32.0. The minimum absolute atomic E-state index is 0.121. The molecule has 0 bridgehead atoms. The third-order valence-electron chi connectivity index (χ3n) is 6.15. The number of hydrogen-bond donors (Lipinski definition) is 0. The summed E-state index contributed by atoms with van der Waals surface area (Å²) < 4.78 is 43.5. The maximum atomic E-state index is 12.5. The summed E-state index contributed by atoms with van der Waals surface area (Å²) in [7, 11) is 0. The summed E-state index contributed by atoms with van der Waals surface area (Å²) >= 11 is 0. The Morgan fingerprint density at radius 3 is 1.92 bits per heavy atom. The van der Waals surface area contributed by atoms with Crippen molar-refractivity contribution >= 4 is 0 Å². The number of ether oxygens (including phenoxy) is 1. The molecule has 0 N–H and O–H groups in total. The first kappa shape index (κ1) is 20.1. The molecule has 2 rings (SSSR count). The average molecular weight is 348 g/mol. The van der Waals surface area contributed by atoms with Gasteiger partial charge in [-0.15, -0.1) is 0 Å². The van der Waals surface area contributed by atoms with E-state index in [0.29, 0.717) is 12.0 Å². The Morgan fingerprint density at radius 2 is 1.38 bits per heavy atom. The molecule has 1 nitrogen and oxygen atoms in total. The lowest BCUT2D eigenvalue weighted by Crippen LogP contribution is -2.29. The van der Waals surface area contributed by atoms with Crippen LogP contribution in [0.4, 0.5) is 13.2 Å². The van der Waals surface area contributed by atoms with Crippen LogP contribution in [-0.2, 0) is 4.74 Å². The summed E-state index contributed by atoms with van der Waals surface area (Å²) in [5.74, 6) is 1.28. The SMILES string of the molecule is CCCCCCO[C@H]1CC[C@H]([C@H]2CC[C@H](CC(F)(F)F)CC2)CC1. The van der Waals surface area contributed by atoms with Crippen LogP contribution in [0, 0.1) is 17.8 Å². The van der Waals surface area contributed by atoms with Gasteiger partial charge in [0.25, 0.3) is 0 Å². The third kappa shape index (κ3) is 7.33. The second-order valence-electron chi connectivity index (χ2n) is 8.07. The monoisotopic (exact) mass is 348 g/mol. The molecule has 0 spiro atoms. The van der Waals surface area contributed by atoms with Crippen LogP contribution in [-0.4, -0.2) is 18.9 Å². The van der Waals surface area contributed by atoms with Gasteiger partial charge in [-0.3, -0.25) is 0 Å². The van der Waals surface area contributed by atoms with Crippen LogP contribution < -0.4 is 0 Å². The van der Waals surface area contributed by atoms with Gasteiger partial charge in [-0.1, -0.05) is 26.2 Å². The van der Waals surface area contributed by atoms with Gasteiger partial charge in [0.05, 0.1) is 6.10 Å². The molecule has 2 aliphatic carbocycles. The summed E-state index contributed by atoms with van der Waals surface area (Å²) in [6, 6.07) is 0. The first-order valence-corrected chi connectivity index (χ1v) is 10.2. The molecule has 24 heavy (non-hydrogen) atoms. The highest BCUT2D eigenvalue weighted by Crippen LogP contribution is 2.43. The van der Waals surface area contributed by atoms with Gasteiger partial charge < -0.3 is 4.74 Å². The zero-order valence-electron chi connectivity index (χ0n) is 15.3. The molecule has 0 saturated heterocycles. The van der Waals surface area contributed by atoms with Crippen LogP contribution in [0.3, 0.4) is 0 Å². The van der Waals surface area contributed by atoms with Crippen LogP contribution >= 0.6 is 0 Å². The van der Waals surface area contributed by atoms with Gasteiger partial charge in [0.15, 0.2) is 0 Å². The maximum Gasteiger partial charge on any atom is 0.389 e. The molecule has 4 heteroatoms. The van der Waals surface area contributed by atoms with E-state index in [2.05, 4.69) is 6.92 Å². The van der Waals surface area contributed by atoms with E-state index < -0.39 is 12.6 Å². The topological polar surface area (TPSA) is 9.23 Å². The van der Waals surface area contributed by atoms with Crippen LogP contribution in [0.25, 0.3) is 0 Å². The Balaban J connectivity index is 1.58. The van der Waals surface area contributed by atoms with Crippen LogP contribution in [0.5, 0.6) is 0 Å². The minimum Gasteiger partial charge on any atom is -0.378 e. The summed E-state index contributed by atoms with van der Waals surface area (Å²) in [5.41, 5.74) is 0. The first-order chi connectivity index (χ1) is 11.5. The van der Waals surface area contributed by atoms with Crippen LogP contribution in [0.1, 0.15) is 90.4 Å². The van der Waals surface area contributed by atoms with E-state index in [1.54, 1.807) is 0 Å². The molecule has 2 aliphatic rings. The van der Waals surface area contributed by atoms with Crippen molar-refractivity contribution in [1.82, 2.24) is 0 Å². The Morgan fingerprint density at radius 1 is 0.792 bits per heavy atom. The third-order valence-corrected chi connectivity index (χ3v) is 6.15. The van der Waals surface area contributed by atoms with Gasteiger partial charge in [0, 0.05) is 13.0 Å². The highest BCUT2D eigenvalue weighted by atomic mass is 19.4. The van der Waals surface area contributed by atoms with E-state index >= 15 is 0 Å². The zero-order chi connectivity index (χ0) is 17.4. The molecular formula is C20H35F3O. The van der Waals surface area contributed by atoms with E-state index in [-0.39, 0.29) is 5.92 Å². The second-order valence-corrected chi connectivity index (χ2v) is 8.07. The highest BCUT2D eigenvalue weighted by Gasteiger charge is 2.36. The van der Waals surface area contributed by atoms with Crippen molar-refractivity contribution in [2.24, 2.45) is 17.8 Å². The van der Waals surface area contributed by atoms with Crippen LogP contribution in [0.15, 0.2) is 0 Å². The Labute approximate surface area is 145 Å². The molecule has 0 heterocycles. The lowest BCUT2D eigenvalue weighted by atomic mass is 9.70. The van der Waals surface area contributed by atoms with Crippen molar-refractivity contribution in [2.75, 3.05) is 6.61 Å². The second kappa shape index (κ2) is 10.0. The summed E-state index contributed by atoms with van der Waals surface area (Å²) in [6.07, 6.45) is 9.20. The number of halogens is 3. The quantitative estimate of drug-likeness (QED) is 0.433. The van der Waals surface area contributed by atoms with Gasteiger partial charge in [-0.2, -0.15) is 13.2 Å². The fraction of sp³-hybridized carbons (Fsp3) is 1.00. The average Bonchev–Trinajstić information content (AvgIpc) is 2.55. The van der Waals surface area contributed by atoms with Gasteiger partial charge in [-0.05, 0) is 75.5 Å². The van der Waals surface area contributed by atoms with Crippen LogP contribution in [0.2, 0.25) is 0 Å². The zero-order valence-corrected chi connectivity index (χ0v) is 15.3. The first-order valence-electron chi connectivity index (χ1n) is 10.2. The minimum atomic E-state index is -3.98. The molecular weight excluding hydrogens is 313 g/mol. The van der Waals surface area contributed by atoms with E-state index in [1.807, 2.05) is 0 Å². The van der Waals surface area contributed by atoms with E-state index in [0.717, 1.165) is 51.0 Å². The van der Waals surface area contributed by atoms with E-state index in [1.165, 1.54) is 38.5 Å². The fourth-order valence-corrected chi connectivity index (χ4v) is 4.70. The number of alkyl halides is 3. The Kier molecular flexibility index (Phi) is 8.39. The van der Waals surface area contributed by atoms with Crippen molar-refractivity contribution in [3.05, 3.63) is 0 Å². The molecule has 0 unspecified atom stereocenters. The summed E-state index contributed by atoms with van der Waals surface area (Å²) in [6.45, 7) is 3.12. The van der Waals surface area contributed by atoms with E-state index in [4.69, 9.17) is 4.74 Å². The summed E-state index contributed by atoms with van der Waals surface area (Å²) in [5, 5.41) is 0. The predicted molar refractivity (Wildman–Crippen MR) is 92.0 cm³/mol. The number of rotatable bonds is 8. The van der Waals surface area contributed by atoms with Crippen molar-refractivity contribution in [3.8, 4) is 0 Å². The highest BCUT2D eigenvalue weighted by molar-refractivity contribution is 4.83. The van der Waals surface area contributed by atoms with Crippen molar-refractivity contribution in [1.29, 1.82) is 0 Å². The molecule has 0 radical (unpaired) electrons. The van der Waals surface area contributed by atoms with E-state index in [9.17, 15) is 13.2 Å². The van der Waals surface area contributed by atoms with Gasteiger partial charge >= 0.3 is 6.18 Å². The van der Waals surface area contributed by atoms with Crippen molar-refractivity contribution in [2.45, 2.75) is 103 Å². The van der Waals surface area contributed by atoms with Gasteiger partial charge in [-0.25, -0.2) is 0 Å². The fourth-order valence-electron chi connectivity index (χ4n) is 4.70. The Bertz CT molecular complexity index is 326. The molecule has 142 valence electrons.